The normalized spacial score (nSPS) is 16.8. The summed E-state index contributed by atoms with van der Waals surface area (Å²) in [6.45, 7) is 5.60. The molecule has 0 aliphatic carbocycles. The number of piperazine rings is 1. The highest BCUT2D eigenvalue weighted by Crippen LogP contribution is 2.19. The van der Waals surface area contributed by atoms with Crippen LogP contribution >= 0.6 is 24.0 Å². The molecule has 130 valence electrons. The number of nitrogens with zero attached hydrogens (tertiary/aromatic N) is 2. The van der Waals surface area contributed by atoms with Gasteiger partial charge in [0.1, 0.15) is 5.82 Å². The van der Waals surface area contributed by atoms with Gasteiger partial charge in [-0.2, -0.15) is 0 Å². The molecule has 0 radical (unpaired) electrons. The molecule has 0 bridgehead atoms. The molecule has 1 saturated heterocycles. The second kappa shape index (κ2) is 9.42. The van der Waals surface area contributed by atoms with E-state index in [1.54, 1.807) is 6.07 Å². The Hall–Kier alpha value is -0.880. The topological polar surface area (TPSA) is 49.6 Å². The predicted molar refractivity (Wildman–Crippen MR) is 93.4 cm³/mol. The van der Waals surface area contributed by atoms with E-state index < -0.39 is 0 Å². The first kappa shape index (κ1) is 20.2. The zero-order chi connectivity index (χ0) is 16.1. The zero-order valence-electron chi connectivity index (χ0n) is 13.3. The summed E-state index contributed by atoms with van der Waals surface area (Å²) in [6, 6.07) is 4.08. The lowest BCUT2D eigenvalue weighted by Gasteiger charge is -2.36. The van der Waals surface area contributed by atoms with Crippen molar-refractivity contribution < 1.29 is 9.18 Å². The van der Waals surface area contributed by atoms with E-state index in [0.717, 1.165) is 31.5 Å². The van der Waals surface area contributed by atoms with Crippen LogP contribution in [0.4, 0.5) is 4.39 Å². The molecule has 0 saturated carbocycles. The Bertz CT molecular complexity index is 522. The summed E-state index contributed by atoms with van der Waals surface area (Å²) in [7, 11) is 0. The van der Waals surface area contributed by atoms with Gasteiger partial charge in [0.05, 0.1) is 6.04 Å². The zero-order valence-corrected chi connectivity index (χ0v) is 14.9. The molecule has 1 heterocycles. The number of carbonyl (C=O) groups is 1. The van der Waals surface area contributed by atoms with Gasteiger partial charge in [0.25, 0.3) is 0 Å². The molecule has 1 unspecified atom stereocenters. The first-order valence-electron chi connectivity index (χ1n) is 7.72. The Morgan fingerprint density at radius 1 is 1.35 bits per heavy atom. The van der Waals surface area contributed by atoms with E-state index in [1.165, 1.54) is 12.1 Å². The first-order chi connectivity index (χ1) is 10.5. The smallest absolute Gasteiger partial charge is 0.239 e. The Labute approximate surface area is 148 Å². The maximum absolute atomic E-state index is 13.1. The van der Waals surface area contributed by atoms with Gasteiger partial charge >= 0.3 is 0 Å². The minimum absolute atomic E-state index is 0. The van der Waals surface area contributed by atoms with Crippen molar-refractivity contribution in [2.45, 2.75) is 32.4 Å². The molecular formula is C16H24Cl2FN3O. The molecule has 7 heteroatoms. The molecule has 0 aromatic heterocycles. The fourth-order valence-electron chi connectivity index (χ4n) is 2.69. The number of hydrogen-bond donors (Lipinski definition) is 1. The molecule has 2 rings (SSSR count). The van der Waals surface area contributed by atoms with E-state index in [2.05, 4.69) is 4.90 Å². The van der Waals surface area contributed by atoms with Crippen LogP contribution in [0.3, 0.4) is 0 Å². The van der Waals surface area contributed by atoms with Gasteiger partial charge in [0.15, 0.2) is 0 Å². The highest BCUT2D eigenvalue weighted by atomic mass is 35.5. The van der Waals surface area contributed by atoms with Crippen molar-refractivity contribution >= 4 is 29.9 Å². The van der Waals surface area contributed by atoms with Crippen molar-refractivity contribution in [2.75, 3.05) is 26.2 Å². The second-order valence-corrected chi connectivity index (χ2v) is 6.14. The van der Waals surface area contributed by atoms with Crippen LogP contribution in [0.25, 0.3) is 0 Å². The van der Waals surface area contributed by atoms with Crippen LogP contribution in [0.2, 0.25) is 5.02 Å². The fraction of sp³-hybridized carbons (Fsp3) is 0.562. The van der Waals surface area contributed by atoms with Crippen molar-refractivity contribution in [3.05, 3.63) is 34.6 Å². The fourth-order valence-corrected chi connectivity index (χ4v) is 2.91. The van der Waals surface area contributed by atoms with Gasteiger partial charge in [-0.3, -0.25) is 9.69 Å². The van der Waals surface area contributed by atoms with E-state index in [4.69, 9.17) is 17.3 Å². The summed E-state index contributed by atoms with van der Waals surface area (Å²) < 4.78 is 13.1. The lowest BCUT2D eigenvalue weighted by atomic mass is 10.1. The lowest BCUT2D eigenvalue weighted by Crippen LogP contribution is -2.52. The lowest BCUT2D eigenvalue weighted by molar-refractivity contribution is -0.134. The molecule has 23 heavy (non-hydrogen) atoms. The monoisotopic (exact) mass is 363 g/mol. The van der Waals surface area contributed by atoms with E-state index in [0.29, 0.717) is 24.7 Å². The van der Waals surface area contributed by atoms with E-state index in [1.807, 2.05) is 11.8 Å². The van der Waals surface area contributed by atoms with Gasteiger partial charge < -0.3 is 10.6 Å². The van der Waals surface area contributed by atoms with Gasteiger partial charge in [0, 0.05) is 37.7 Å². The van der Waals surface area contributed by atoms with Crippen molar-refractivity contribution in [1.82, 2.24) is 9.80 Å². The minimum Gasteiger partial charge on any atom is -0.339 e. The van der Waals surface area contributed by atoms with Crippen molar-refractivity contribution in [3.63, 3.8) is 0 Å². The third-order valence-electron chi connectivity index (χ3n) is 4.01. The van der Waals surface area contributed by atoms with Crippen LogP contribution in [-0.4, -0.2) is 47.9 Å². The predicted octanol–water partition coefficient (Wildman–Crippen LogP) is 2.67. The van der Waals surface area contributed by atoms with Crippen LogP contribution in [0.5, 0.6) is 0 Å². The SMILES string of the molecule is CCCC(N)C(=O)N1CCN(Cc2ccc(F)cc2Cl)CC1.Cl. The highest BCUT2D eigenvalue weighted by molar-refractivity contribution is 6.31. The second-order valence-electron chi connectivity index (χ2n) is 5.73. The van der Waals surface area contributed by atoms with Gasteiger partial charge in [-0.1, -0.05) is 31.0 Å². The van der Waals surface area contributed by atoms with Crippen molar-refractivity contribution in [1.29, 1.82) is 0 Å². The number of amides is 1. The number of halogens is 3. The van der Waals surface area contributed by atoms with Crippen molar-refractivity contribution in [3.8, 4) is 0 Å². The van der Waals surface area contributed by atoms with Gasteiger partial charge in [-0.25, -0.2) is 4.39 Å². The number of rotatable bonds is 5. The molecule has 1 atom stereocenters. The molecule has 1 aliphatic heterocycles. The number of benzene rings is 1. The largest absolute Gasteiger partial charge is 0.339 e. The average molecular weight is 364 g/mol. The molecule has 1 amide bonds. The van der Waals surface area contributed by atoms with Crippen molar-refractivity contribution in [2.24, 2.45) is 5.73 Å². The standard InChI is InChI=1S/C16H23ClFN3O.ClH/c1-2-3-15(19)16(22)21-8-6-20(7-9-21)11-12-4-5-13(18)10-14(12)17;/h4-5,10,15H,2-3,6-9,11,19H2,1H3;1H. The Balaban J connectivity index is 0.00000264. The first-order valence-corrected chi connectivity index (χ1v) is 8.09. The molecule has 1 aromatic rings. The molecule has 0 spiro atoms. The van der Waals surface area contributed by atoms with Crippen LogP contribution in [0.1, 0.15) is 25.3 Å². The number of nitrogens with two attached hydrogens (primary N) is 1. The van der Waals surface area contributed by atoms with Crippen LogP contribution in [0.15, 0.2) is 18.2 Å². The Morgan fingerprint density at radius 2 is 2.00 bits per heavy atom. The molecule has 1 aliphatic rings. The van der Waals surface area contributed by atoms with E-state index >= 15 is 0 Å². The third kappa shape index (κ3) is 5.60. The molecule has 4 nitrogen and oxygen atoms in total. The summed E-state index contributed by atoms with van der Waals surface area (Å²) in [6.07, 6.45) is 1.64. The summed E-state index contributed by atoms with van der Waals surface area (Å²) in [5.74, 6) is -0.282. The Kier molecular flexibility index (Phi) is 8.26. The van der Waals surface area contributed by atoms with Gasteiger partial charge in [-0.15, -0.1) is 12.4 Å². The molecule has 1 aromatic carbocycles. The average Bonchev–Trinajstić information content (AvgIpc) is 2.50. The van der Waals surface area contributed by atoms with Gasteiger partial charge in [0.2, 0.25) is 5.91 Å². The molecule has 2 N–H and O–H groups in total. The quantitative estimate of drug-likeness (QED) is 0.874. The number of hydrogen-bond acceptors (Lipinski definition) is 3. The Morgan fingerprint density at radius 3 is 2.57 bits per heavy atom. The maximum Gasteiger partial charge on any atom is 0.239 e. The van der Waals surface area contributed by atoms with Crippen LogP contribution in [-0.2, 0) is 11.3 Å². The van der Waals surface area contributed by atoms with Crippen LogP contribution in [0, 0.1) is 5.82 Å². The third-order valence-corrected chi connectivity index (χ3v) is 4.36. The summed E-state index contributed by atoms with van der Waals surface area (Å²) in [5, 5.41) is 0.448. The molecular weight excluding hydrogens is 340 g/mol. The maximum atomic E-state index is 13.1. The molecule has 1 fully saturated rings. The van der Waals surface area contributed by atoms with E-state index in [-0.39, 0.29) is 30.2 Å². The van der Waals surface area contributed by atoms with E-state index in [9.17, 15) is 9.18 Å². The van der Waals surface area contributed by atoms with Gasteiger partial charge in [-0.05, 0) is 24.1 Å². The van der Waals surface area contributed by atoms with Crippen LogP contribution < -0.4 is 5.73 Å². The highest BCUT2D eigenvalue weighted by Gasteiger charge is 2.24. The minimum atomic E-state index is -0.386. The summed E-state index contributed by atoms with van der Waals surface area (Å²) >= 11 is 6.06. The summed E-state index contributed by atoms with van der Waals surface area (Å²) in [4.78, 5) is 16.2. The summed E-state index contributed by atoms with van der Waals surface area (Å²) in [5.41, 5.74) is 6.80. The number of carbonyl (C=O) groups excluding carboxylic acids is 1.